The Kier molecular flexibility index (Phi) is 4.83. The molecule has 3 rings (SSSR count). The SMILES string of the molecule is O=C(NCCCCn1cccn1)c1cc(-c2ccccc2)no1. The van der Waals surface area contributed by atoms with E-state index in [1.165, 1.54) is 0 Å². The first kappa shape index (κ1) is 15.0. The van der Waals surface area contributed by atoms with Crippen LogP contribution in [0.5, 0.6) is 0 Å². The van der Waals surface area contributed by atoms with E-state index < -0.39 is 0 Å². The molecule has 1 aromatic carbocycles. The minimum Gasteiger partial charge on any atom is -0.350 e. The first-order valence-electron chi connectivity index (χ1n) is 7.61. The predicted octanol–water partition coefficient (Wildman–Crippen LogP) is 2.75. The topological polar surface area (TPSA) is 73.0 Å². The molecule has 6 nitrogen and oxygen atoms in total. The molecule has 0 spiro atoms. The Balaban J connectivity index is 1.44. The van der Waals surface area contributed by atoms with Crippen molar-refractivity contribution in [3.05, 3.63) is 60.6 Å². The summed E-state index contributed by atoms with van der Waals surface area (Å²) >= 11 is 0. The van der Waals surface area contributed by atoms with Crippen LogP contribution < -0.4 is 5.32 Å². The molecule has 2 heterocycles. The second kappa shape index (κ2) is 7.40. The van der Waals surface area contributed by atoms with Crippen LogP contribution in [-0.4, -0.2) is 27.4 Å². The summed E-state index contributed by atoms with van der Waals surface area (Å²) in [4.78, 5) is 12.0. The van der Waals surface area contributed by atoms with E-state index in [1.54, 1.807) is 12.3 Å². The van der Waals surface area contributed by atoms with E-state index in [4.69, 9.17) is 4.52 Å². The number of benzene rings is 1. The van der Waals surface area contributed by atoms with Gasteiger partial charge in [0.25, 0.3) is 5.91 Å². The maximum atomic E-state index is 12.0. The molecular weight excluding hydrogens is 292 g/mol. The summed E-state index contributed by atoms with van der Waals surface area (Å²) in [7, 11) is 0. The highest BCUT2D eigenvalue weighted by atomic mass is 16.5. The predicted molar refractivity (Wildman–Crippen MR) is 85.7 cm³/mol. The van der Waals surface area contributed by atoms with E-state index in [-0.39, 0.29) is 11.7 Å². The van der Waals surface area contributed by atoms with Gasteiger partial charge in [0.05, 0.1) is 0 Å². The molecule has 3 aromatic rings. The van der Waals surface area contributed by atoms with Crippen molar-refractivity contribution in [2.45, 2.75) is 19.4 Å². The third kappa shape index (κ3) is 4.06. The van der Waals surface area contributed by atoms with Crippen molar-refractivity contribution in [2.75, 3.05) is 6.54 Å². The molecule has 0 unspecified atom stereocenters. The van der Waals surface area contributed by atoms with Crippen molar-refractivity contribution in [1.82, 2.24) is 20.3 Å². The molecule has 0 saturated carbocycles. The van der Waals surface area contributed by atoms with Crippen molar-refractivity contribution < 1.29 is 9.32 Å². The Labute approximate surface area is 134 Å². The van der Waals surface area contributed by atoms with Crippen molar-refractivity contribution in [3.63, 3.8) is 0 Å². The number of carbonyl (C=O) groups is 1. The van der Waals surface area contributed by atoms with Gasteiger partial charge in [-0.2, -0.15) is 5.10 Å². The van der Waals surface area contributed by atoms with Gasteiger partial charge in [-0.15, -0.1) is 0 Å². The van der Waals surface area contributed by atoms with Crippen LogP contribution >= 0.6 is 0 Å². The second-order valence-corrected chi connectivity index (χ2v) is 5.17. The van der Waals surface area contributed by atoms with Crippen molar-refractivity contribution in [3.8, 4) is 11.3 Å². The summed E-state index contributed by atoms with van der Waals surface area (Å²) in [6.45, 7) is 1.45. The van der Waals surface area contributed by atoms with Gasteiger partial charge >= 0.3 is 0 Å². The summed E-state index contributed by atoms with van der Waals surface area (Å²) in [6.07, 6.45) is 5.52. The minimum absolute atomic E-state index is 0.232. The van der Waals surface area contributed by atoms with Crippen LogP contribution in [0, 0.1) is 0 Å². The van der Waals surface area contributed by atoms with E-state index in [9.17, 15) is 4.79 Å². The van der Waals surface area contributed by atoms with E-state index in [0.29, 0.717) is 12.2 Å². The molecule has 0 aliphatic heterocycles. The summed E-state index contributed by atoms with van der Waals surface area (Å²) in [6, 6.07) is 13.2. The zero-order valence-corrected chi connectivity index (χ0v) is 12.7. The molecule has 6 heteroatoms. The van der Waals surface area contributed by atoms with Gasteiger partial charge in [0.1, 0.15) is 5.69 Å². The van der Waals surface area contributed by atoms with Crippen LogP contribution in [0.1, 0.15) is 23.4 Å². The van der Waals surface area contributed by atoms with Crippen molar-refractivity contribution in [2.24, 2.45) is 0 Å². The number of carbonyl (C=O) groups excluding carboxylic acids is 1. The van der Waals surface area contributed by atoms with Gasteiger partial charge in [-0.1, -0.05) is 35.5 Å². The fourth-order valence-electron chi connectivity index (χ4n) is 2.25. The Hall–Kier alpha value is -2.89. The number of nitrogens with one attached hydrogen (secondary N) is 1. The molecular formula is C17H18N4O2. The van der Waals surface area contributed by atoms with E-state index in [1.807, 2.05) is 47.3 Å². The zero-order chi connectivity index (χ0) is 15.9. The van der Waals surface area contributed by atoms with E-state index in [2.05, 4.69) is 15.6 Å². The Morgan fingerprint density at radius 2 is 2.04 bits per heavy atom. The number of hydrogen-bond acceptors (Lipinski definition) is 4. The normalized spacial score (nSPS) is 10.6. The van der Waals surface area contributed by atoms with E-state index >= 15 is 0 Å². The first-order chi connectivity index (χ1) is 11.3. The fraction of sp³-hybridized carbons (Fsp3) is 0.235. The van der Waals surface area contributed by atoms with Gasteiger partial charge in [-0.3, -0.25) is 9.48 Å². The lowest BCUT2D eigenvalue weighted by Crippen LogP contribution is -2.24. The highest BCUT2D eigenvalue weighted by molar-refractivity contribution is 5.92. The van der Waals surface area contributed by atoms with Gasteiger partial charge in [0, 0.05) is 37.1 Å². The first-order valence-corrected chi connectivity index (χ1v) is 7.61. The maximum Gasteiger partial charge on any atom is 0.289 e. The summed E-state index contributed by atoms with van der Waals surface area (Å²) in [5.41, 5.74) is 1.59. The number of aryl methyl sites for hydroxylation is 1. The number of amides is 1. The molecule has 0 aliphatic carbocycles. The number of hydrogen-bond donors (Lipinski definition) is 1. The molecule has 2 aromatic heterocycles. The second-order valence-electron chi connectivity index (χ2n) is 5.17. The Morgan fingerprint density at radius 1 is 1.17 bits per heavy atom. The summed E-state index contributed by atoms with van der Waals surface area (Å²) in [5.74, 6) is -0.00491. The molecule has 0 aliphatic rings. The maximum absolute atomic E-state index is 12.0. The molecule has 0 saturated heterocycles. The lowest BCUT2D eigenvalue weighted by molar-refractivity contribution is 0.0916. The molecule has 0 fully saturated rings. The Morgan fingerprint density at radius 3 is 2.83 bits per heavy atom. The highest BCUT2D eigenvalue weighted by Gasteiger charge is 2.13. The number of unbranched alkanes of at least 4 members (excludes halogenated alkanes) is 1. The molecule has 0 atom stereocenters. The third-order valence-corrected chi connectivity index (χ3v) is 3.46. The van der Waals surface area contributed by atoms with Gasteiger partial charge < -0.3 is 9.84 Å². The van der Waals surface area contributed by atoms with Gasteiger partial charge in [-0.25, -0.2) is 0 Å². The smallest absolute Gasteiger partial charge is 0.289 e. The van der Waals surface area contributed by atoms with Gasteiger partial charge in [-0.05, 0) is 18.9 Å². The van der Waals surface area contributed by atoms with Crippen LogP contribution in [0.4, 0.5) is 0 Å². The average molecular weight is 310 g/mol. The van der Waals surface area contributed by atoms with Gasteiger partial charge in [0.15, 0.2) is 0 Å². The van der Waals surface area contributed by atoms with Crippen LogP contribution in [0.25, 0.3) is 11.3 Å². The zero-order valence-electron chi connectivity index (χ0n) is 12.7. The summed E-state index contributed by atoms with van der Waals surface area (Å²) in [5, 5.41) is 10.9. The van der Waals surface area contributed by atoms with Crippen LogP contribution in [0.15, 0.2) is 59.4 Å². The van der Waals surface area contributed by atoms with Crippen LogP contribution in [0.2, 0.25) is 0 Å². The molecule has 0 bridgehead atoms. The van der Waals surface area contributed by atoms with Crippen molar-refractivity contribution >= 4 is 5.91 Å². The van der Waals surface area contributed by atoms with Crippen LogP contribution in [0.3, 0.4) is 0 Å². The number of rotatable bonds is 7. The average Bonchev–Trinajstić information content (AvgIpc) is 3.27. The molecule has 23 heavy (non-hydrogen) atoms. The molecule has 118 valence electrons. The van der Waals surface area contributed by atoms with Gasteiger partial charge in [0.2, 0.25) is 5.76 Å². The standard InChI is InChI=1S/C17H18N4O2/c22-17(18-9-4-5-11-21-12-6-10-19-21)16-13-15(20-23-16)14-7-2-1-3-8-14/h1-3,6-8,10,12-13H,4-5,9,11H2,(H,18,22). The van der Waals surface area contributed by atoms with Crippen molar-refractivity contribution in [1.29, 1.82) is 0 Å². The molecule has 1 N–H and O–H groups in total. The number of aromatic nitrogens is 3. The molecule has 0 radical (unpaired) electrons. The summed E-state index contributed by atoms with van der Waals surface area (Å²) < 4.78 is 7.00. The fourth-order valence-corrected chi connectivity index (χ4v) is 2.25. The quantitative estimate of drug-likeness (QED) is 0.681. The highest BCUT2D eigenvalue weighted by Crippen LogP contribution is 2.18. The number of nitrogens with zero attached hydrogens (tertiary/aromatic N) is 3. The Bertz CT molecular complexity index is 735. The largest absolute Gasteiger partial charge is 0.350 e. The van der Waals surface area contributed by atoms with Crippen LogP contribution in [-0.2, 0) is 6.54 Å². The lowest BCUT2D eigenvalue weighted by atomic mass is 10.1. The lowest BCUT2D eigenvalue weighted by Gasteiger charge is -2.03. The monoisotopic (exact) mass is 310 g/mol. The van der Waals surface area contributed by atoms with E-state index in [0.717, 1.165) is 24.9 Å². The third-order valence-electron chi connectivity index (χ3n) is 3.46. The molecule has 1 amide bonds. The minimum atomic E-state index is -0.237.